The van der Waals surface area contributed by atoms with Gasteiger partial charge in [0, 0.05) is 5.92 Å². The van der Waals surface area contributed by atoms with E-state index in [1.54, 1.807) is 0 Å². The molecule has 25 heavy (non-hydrogen) atoms. The Morgan fingerprint density at radius 1 is 0.920 bits per heavy atom. The summed E-state index contributed by atoms with van der Waals surface area (Å²) >= 11 is 0. The van der Waals surface area contributed by atoms with Gasteiger partial charge in [-0.2, -0.15) is 0 Å². The second-order valence-electron chi connectivity index (χ2n) is 6.93. The van der Waals surface area contributed by atoms with Crippen LogP contribution in [-0.4, -0.2) is 19.7 Å². The zero-order chi connectivity index (χ0) is 16.5. The Hall–Kier alpha value is -1.51. The van der Waals surface area contributed by atoms with E-state index in [1.165, 1.54) is 56.3 Å². The number of piperidine rings is 1. The molecule has 0 saturated carbocycles. The van der Waals surface area contributed by atoms with Crippen molar-refractivity contribution in [1.29, 1.82) is 0 Å². The third-order valence-corrected chi connectivity index (χ3v) is 4.97. The van der Waals surface area contributed by atoms with Crippen molar-refractivity contribution < 1.29 is 22.5 Å². The smallest absolute Gasteiger partial charge is 0.122 e. The molecule has 1 aliphatic heterocycles. The van der Waals surface area contributed by atoms with Crippen molar-refractivity contribution in [3.8, 4) is 5.75 Å². The minimum Gasteiger partial charge on any atom is -1.00 e. The molecule has 1 fully saturated rings. The molecule has 0 spiro atoms. The lowest BCUT2D eigenvalue weighted by Gasteiger charge is -2.21. The van der Waals surface area contributed by atoms with Gasteiger partial charge in [-0.15, -0.1) is 0 Å². The Bertz CT molecular complexity index is 596. The number of quaternary nitrogens is 1. The second kappa shape index (κ2) is 11.2. The molecule has 1 heterocycles. The van der Waals surface area contributed by atoms with Gasteiger partial charge in [0.25, 0.3) is 0 Å². The molecule has 2 nitrogen and oxygen atoms in total. The molecule has 1 aliphatic rings. The van der Waals surface area contributed by atoms with E-state index >= 15 is 0 Å². The Kier molecular flexibility index (Phi) is 8.85. The molecule has 1 atom stereocenters. The molecule has 1 saturated heterocycles. The summed E-state index contributed by atoms with van der Waals surface area (Å²) in [5.74, 6) is 1.81. The molecule has 3 heteroatoms. The molecule has 0 radical (unpaired) electrons. The van der Waals surface area contributed by atoms with E-state index < -0.39 is 0 Å². The molecule has 2 aromatic rings. The Morgan fingerprint density at radius 2 is 1.68 bits per heavy atom. The molecule has 0 amide bonds. The predicted molar refractivity (Wildman–Crippen MR) is 99.4 cm³/mol. The molecule has 0 aromatic heterocycles. The second-order valence-corrected chi connectivity index (χ2v) is 6.93. The maximum Gasteiger partial charge on any atom is 0.122 e. The van der Waals surface area contributed by atoms with E-state index in [0.717, 1.165) is 18.8 Å². The fraction of sp³-hybridized carbons (Fsp3) is 0.455. The highest BCUT2D eigenvalue weighted by Gasteiger charge is 2.16. The van der Waals surface area contributed by atoms with E-state index in [4.69, 9.17) is 4.74 Å². The topological polar surface area (TPSA) is 25.8 Å². The van der Waals surface area contributed by atoms with Crippen LogP contribution in [0.15, 0.2) is 54.6 Å². The summed E-state index contributed by atoms with van der Waals surface area (Å²) in [7, 11) is 0. The van der Waals surface area contributed by atoms with Crippen molar-refractivity contribution in [3.05, 3.63) is 65.7 Å². The van der Waals surface area contributed by atoms with Gasteiger partial charge >= 0.3 is 0 Å². The number of para-hydroxylation sites is 1. The number of hydrogen-bond donors (Lipinski definition) is 1. The average Bonchev–Trinajstić information content (AvgIpc) is 2.66. The van der Waals surface area contributed by atoms with Crippen LogP contribution in [0.2, 0.25) is 0 Å². The van der Waals surface area contributed by atoms with Gasteiger partial charge in [0.2, 0.25) is 0 Å². The van der Waals surface area contributed by atoms with E-state index in [-0.39, 0.29) is 12.4 Å². The van der Waals surface area contributed by atoms with Gasteiger partial charge in [-0.25, -0.2) is 0 Å². The van der Waals surface area contributed by atoms with Gasteiger partial charge in [0.1, 0.15) is 5.75 Å². The molecule has 0 aliphatic carbocycles. The summed E-state index contributed by atoms with van der Waals surface area (Å²) in [6.45, 7) is 3.38. The molecule has 2 aromatic carbocycles. The van der Waals surface area contributed by atoms with Crippen LogP contribution < -0.4 is 22.5 Å². The van der Waals surface area contributed by atoms with Gasteiger partial charge in [-0.3, -0.25) is 0 Å². The van der Waals surface area contributed by atoms with Crippen LogP contribution >= 0.6 is 0 Å². The molecule has 0 bridgehead atoms. The summed E-state index contributed by atoms with van der Waals surface area (Å²) in [5, 5.41) is 2.42. The Labute approximate surface area is 158 Å². The number of nitrogens with two attached hydrogens (primary N) is 1. The van der Waals surface area contributed by atoms with Crippen LogP contribution in [-0.2, 0) is 12.8 Å². The maximum absolute atomic E-state index is 6.17. The van der Waals surface area contributed by atoms with Gasteiger partial charge in [-0.1, -0.05) is 48.5 Å². The zero-order valence-electron chi connectivity index (χ0n) is 15.0. The molecule has 1 unspecified atom stereocenters. The van der Waals surface area contributed by atoms with Crippen LogP contribution in [0.25, 0.3) is 0 Å². The van der Waals surface area contributed by atoms with Crippen LogP contribution in [0, 0.1) is 5.92 Å². The average molecular weight is 360 g/mol. The summed E-state index contributed by atoms with van der Waals surface area (Å²) in [5.41, 5.74) is 2.81. The fourth-order valence-corrected chi connectivity index (χ4v) is 3.52. The lowest BCUT2D eigenvalue weighted by molar-refractivity contribution is -0.669. The van der Waals surface area contributed by atoms with Crippen LogP contribution in [0.5, 0.6) is 5.75 Å². The molecule has 2 N–H and O–H groups in total. The quantitative estimate of drug-likeness (QED) is 0.687. The Morgan fingerprint density at radius 3 is 2.48 bits per heavy atom. The fourth-order valence-electron chi connectivity index (χ4n) is 3.52. The standard InChI is InChI=1S/C22H29NO.ClH/c1-2-9-19(10-3-1)11-4-5-13-21-14-6-7-15-22(21)24-18-20-12-8-16-23-17-20;/h1-3,6-7,9-10,14-15,20,23H,4-5,8,11-13,16-18H2;1H. The third kappa shape index (κ3) is 6.72. The maximum atomic E-state index is 6.17. The normalized spacial score (nSPS) is 16.9. The minimum atomic E-state index is 0. The van der Waals surface area contributed by atoms with E-state index in [1.807, 2.05) is 0 Å². The van der Waals surface area contributed by atoms with Crippen LogP contribution in [0.1, 0.15) is 36.8 Å². The number of hydrogen-bond acceptors (Lipinski definition) is 1. The number of aryl methyl sites for hydroxylation is 2. The van der Waals surface area contributed by atoms with Gasteiger partial charge in [0.15, 0.2) is 0 Å². The van der Waals surface area contributed by atoms with E-state index in [9.17, 15) is 0 Å². The zero-order valence-corrected chi connectivity index (χ0v) is 15.8. The summed E-state index contributed by atoms with van der Waals surface area (Å²) < 4.78 is 6.17. The largest absolute Gasteiger partial charge is 1.00 e. The van der Waals surface area contributed by atoms with Crippen molar-refractivity contribution in [1.82, 2.24) is 0 Å². The first-order chi connectivity index (χ1) is 11.9. The van der Waals surface area contributed by atoms with Crippen molar-refractivity contribution in [2.24, 2.45) is 5.92 Å². The van der Waals surface area contributed by atoms with E-state index in [0.29, 0.717) is 5.92 Å². The number of benzene rings is 2. The summed E-state index contributed by atoms with van der Waals surface area (Å²) in [6.07, 6.45) is 7.37. The van der Waals surface area contributed by atoms with Gasteiger partial charge in [0.05, 0.1) is 19.7 Å². The highest BCUT2D eigenvalue weighted by Crippen LogP contribution is 2.22. The predicted octanol–water partition coefficient (Wildman–Crippen LogP) is 0.608. The number of ether oxygens (including phenoxy) is 1. The molecular formula is C22H30ClNO. The van der Waals surface area contributed by atoms with Crippen LogP contribution in [0.3, 0.4) is 0 Å². The van der Waals surface area contributed by atoms with E-state index in [2.05, 4.69) is 59.9 Å². The first-order valence-corrected chi connectivity index (χ1v) is 9.48. The number of rotatable bonds is 8. The third-order valence-electron chi connectivity index (χ3n) is 4.97. The number of halogens is 1. The summed E-state index contributed by atoms with van der Waals surface area (Å²) in [4.78, 5) is 0. The lowest BCUT2D eigenvalue weighted by Crippen LogP contribution is -3.00. The monoisotopic (exact) mass is 359 g/mol. The molecule has 3 rings (SSSR count). The van der Waals surface area contributed by atoms with Crippen molar-refractivity contribution in [2.75, 3.05) is 19.7 Å². The minimum absolute atomic E-state index is 0. The number of unbranched alkanes of at least 4 members (excludes halogenated alkanes) is 1. The van der Waals surface area contributed by atoms with Crippen molar-refractivity contribution >= 4 is 0 Å². The molecule has 136 valence electrons. The highest BCUT2D eigenvalue weighted by atomic mass is 35.5. The van der Waals surface area contributed by atoms with Crippen LogP contribution in [0.4, 0.5) is 0 Å². The first kappa shape index (κ1) is 19.8. The van der Waals surface area contributed by atoms with Crippen molar-refractivity contribution in [3.63, 3.8) is 0 Å². The van der Waals surface area contributed by atoms with Gasteiger partial charge in [-0.05, 0) is 55.7 Å². The SMILES string of the molecule is [Cl-].c1ccc(CCCCc2ccccc2OCC2CCC[NH2+]C2)cc1. The molecular weight excluding hydrogens is 330 g/mol. The first-order valence-electron chi connectivity index (χ1n) is 9.48. The lowest BCUT2D eigenvalue weighted by atomic mass is 10.0. The highest BCUT2D eigenvalue weighted by molar-refractivity contribution is 5.33. The van der Waals surface area contributed by atoms with Gasteiger partial charge < -0.3 is 22.5 Å². The summed E-state index contributed by atoms with van der Waals surface area (Å²) in [6, 6.07) is 19.4. The van der Waals surface area contributed by atoms with Crippen molar-refractivity contribution in [2.45, 2.75) is 38.5 Å². The Balaban J connectivity index is 0.00000225.